The maximum absolute atomic E-state index is 14.0. The van der Waals surface area contributed by atoms with Gasteiger partial charge in [0.25, 0.3) is 5.91 Å². The fourth-order valence-electron chi connectivity index (χ4n) is 6.68. The zero-order valence-corrected chi connectivity index (χ0v) is 23.7. The molecule has 0 bridgehead atoms. The van der Waals surface area contributed by atoms with Crippen LogP contribution in [0.4, 0.5) is 5.69 Å². The van der Waals surface area contributed by atoms with Gasteiger partial charge in [0.1, 0.15) is 11.6 Å². The molecule has 3 atom stereocenters. The van der Waals surface area contributed by atoms with E-state index in [9.17, 15) is 19.2 Å². The Morgan fingerprint density at radius 3 is 2.29 bits per heavy atom. The lowest BCUT2D eigenvalue weighted by Crippen LogP contribution is -2.60. The van der Waals surface area contributed by atoms with Gasteiger partial charge >= 0.3 is 0 Å². The number of hydrogen-bond acceptors (Lipinski definition) is 5. The zero-order chi connectivity index (χ0) is 27.6. The summed E-state index contributed by atoms with van der Waals surface area (Å²) in [5.41, 5.74) is 0.294. The third kappa shape index (κ3) is 5.89. The maximum atomic E-state index is 14.0. The van der Waals surface area contributed by atoms with Gasteiger partial charge in [0.15, 0.2) is 5.78 Å². The summed E-state index contributed by atoms with van der Waals surface area (Å²) in [5, 5.41) is 3.01. The molecule has 38 heavy (non-hydrogen) atoms. The standard InChI is InChI=1S/C30H44N4O4/c1-20(2)18-30(3,31-28(37)22-11-13-23(14-12-22)32(4)5)29(38)33-16-15-24-27(33)25(35)19-34(24)26(36)17-21-9-7-6-8-10-21/h11-14,20-21,24,27H,6-10,15-19H2,1-5H3,(H,31,37)/t24-,27+,30?/m1/s1. The van der Waals surface area contributed by atoms with E-state index in [1.54, 1.807) is 28.9 Å². The van der Waals surface area contributed by atoms with Crippen LogP contribution in [0, 0.1) is 11.8 Å². The number of anilines is 1. The van der Waals surface area contributed by atoms with Crippen molar-refractivity contribution in [1.29, 1.82) is 0 Å². The van der Waals surface area contributed by atoms with Crippen LogP contribution in [-0.4, -0.2) is 78.1 Å². The SMILES string of the molecule is CC(C)CC(C)(NC(=O)c1ccc(N(C)C)cc1)C(=O)N1CC[C@@H]2[C@H]1C(=O)CN2C(=O)CC1CCCCC1. The molecule has 1 saturated carbocycles. The average molecular weight is 525 g/mol. The Morgan fingerprint density at radius 1 is 1.03 bits per heavy atom. The van der Waals surface area contributed by atoms with E-state index >= 15 is 0 Å². The van der Waals surface area contributed by atoms with E-state index in [4.69, 9.17) is 0 Å². The van der Waals surface area contributed by atoms with Gasteiger partial charge in [-0.1, -0.05) is 33.1 Å². The van der Waals surface area contributed by atoms with Gasteiger partial charge in [-0.25, -0.2) is 0 Å². The van der Waals surface area contributed by atoms with Gasteiger partial charge in [-0.15, -0.1) is 0 Å². The Labute approximate surface area is 227 Å². The number of Topliss-reactive ketones (excluding diaryl/α,β-unsaturated/α-hetero) is 1. The van der Waals surface area contributed by atoms with Crippen molar-refractivity contribution in [3.05, 3.63) is 29.8 Å². The molecule has 1 N–H and O–H groups in total. The molecule has 3 fully saturated rings. The van der Waals surface area contributed by atoms with E-state index in [1.165, 1.54) is 19.3 Å². The molecule has 2 aliphatic heterocycles. The van der Waals surface area contributed by atoms with Crippen LogP contribution in [0.3, 0.4) is 0 Å². The summed E-state index contributed by atoms with van der Waals surface area (Å²) < 4.78 is 0. The highest BCUT2D eigenvalue weighted by atomic mass is 16.2. The smallest absolute Gasteiger partial charge is 0.252 e. The molecule has 0 radical (unpaired) electrons. The number of carbonyl (C=O) groups is 4. The van der Waals surface area contributed by atoms with E-state index in [-0.39, 0.29) is 42.0 Å². The monoisotopic (exact) mass is 524 g/mol. The topological polar surface area (TPSA) is 90.0 Å². The van der Waals surface area contributed by atoms with Gasteiger partial charge < -0.3 is 20.0 Å². The molecule has 1 aromatic carbocycles. The lowest BCUT2D eigenvalue weighted by atomic mass is 9.86. The van der Waals surface area contributed by atoms with E-state index in [1.807, 2.05) is 45.0 Å². The van der Waals surface area contributed by atoms with Gasteiger partial charge in [-0.3, -0.25) is 19.2 Å². The minimum absolute atomic E-state index is 0.0477. The summed E-state index contributed by atoms with van der Waals surface area (Å²) in [6.07, 6.45) is 7.28. The summed E-state index contributed by atoms with van der Waals surface area (Å²) in [6, 6.07) is 6.37. The minimum atomic E-state index is -1.17. The van der Waals surface area contributed by atoms with Crippen molar-refractivity contribution >= 4 is 29.2 Å². The summed E-state index contributed by atoms with van der Waals surface area (Å²) >= 11 is 0. The summed E-state index contributed by atoms with van der Waals surface area (Å²) in [6.45, 7) is 6.29. The molecule has 1 unspecified atom stereocenters. The predicted octanol–water partition coefficient (Wildman–Crippen LogP) is 3.64. The maximum Gasteiger partial charge on any atom is 0.252 e. The van der Waals surface area contributed by atoms with Crippen molar-refractivity contribution in [3.8, 4) is 0 Å². The highest BCUT2D eigenvalue weighted by Crippen LogP contribution is 2.35. The van der Waals surface area contributed by atoms with Crippen LogP contribution >= 0.6 is 0 Å². The molecule has 8 heteroatoms. The first-order valence-corrected chi connectivity index (χ1v) is 14.2. The average Bonchev–Trinajstić information content (AvgIpc) is 3.45. The Balaban J connectivity index is 1.48. The molecule has 0 aromatic heterocycles. The van der Waals surface area contributed by atoms with Crippen LogP contribution in [0.1, 0.15) is 82.5 Å². The first-order valence-electron chi connectivity index (χ1n) is 14.2. The number of nitrogens with zero attached hydrogens (tertiary/aromatic N) is 3. The fraction of sp³-hybridized carbons (Fsp3) is 0.667. The number of carbonyl (C=O) groups excluding carboxylic acids is 4. The van der Waals surface area contributed by atoms with Gasteiger partial charge in [0.2, 0.25) is 11.8 Å². The molecule has 2 saturated heterocycles. The second kappa shape index (κ2) is 11.5. The van der Waals surface area contributed by atoms with Gasteiger partial charge in [0.05, 0.1) is 12.6 Å². The van der Waals surface area contributed by atoms with Crippen molar-refractivity contribution in [2.24, 2.45) is 11.8 Å². The van der Waals surface area contributed by atoms with E-state index in [0.717, 1.165) is 18.5 Å². The fourth-order valence-corrected chi connectivity index (χ4v) is 6.68. The molecular formula is C30H44N4O4. The van der Waals surface area contributed by atoms with Crippen LogP contribution in [-0.2, 0) is 14.4 Å². The Kier molecular flexibility index (Phi) is 8.48. The Bertz CT molecular complexity index is 1050. The quantitative estimate of drug-likeness (QED) is 0.561. The lowest BCUT2D eigenvalue weighted by Gasteiger charge is -2.36. The molecule has 4 rings (SSSR count). The normalized spacial score (nSPS) is 23.4. The van der Waals surface area contributed by atoms with E-state index < -0.39 is 11.6 Å². The molecule has 3 amide bonds. The zero-order valence-electron chi connectivity index (χ0n) is 23.7. The molecule has 0 spiro atoms. The van der Waals surface area contributed by atoms with Crippen molar-refractivity contribution in [2.45, 2.75) is 89.8 Å². The first-order chi connectivity index (χ1) is 18.0. The van der Waals surface area contributed by atoms with Gasteiger partial charge in [-0.05, 0) is 68.7 Å². The number of rotatable bonds is 8. The number of ketones is 1. The molecular weight excluding hydrogens is 480 g/mol. The number of hydrogen-bond donors (Lipinski definition) is 1. The van der Waals surface area contributed by atoms with Crippen molar-refractivity contribution < 1.29 is 19.2 Å². The first kappa shape index (κ1) is 28.1. The van der Waals surface area contributed by atoms with Crippen molar-refractivity contribution in [1.82, 2.24) is 15.1 Å². The van der Waals surface area contributed by atoms with Crippen LogP contribution in [0.15, 0.2) is 24.3 Å². The van der Waals surface area contributed by atoms with E-state index in [2.05, 4.69) is 5.32 Å². The third-order valence-corrected chi connectivity index (χ3v) is 8.52. The van der Waals surface area contributed by atoms with Crippen LogP contribution in [0.2, 0.25) is 0 Å². The summed E-state index contributed by atoms with van der Waals surface area (Å²) in [7, 11) is 3.87. The van der Waals surface area contributed by atoms with Crippen LogP contribution < -0.4 is 10.2 Å². The van der Waals surface area contributed by atoms with Crippen LogP contribution in [0.5, 0.6) is 0 Å². The molecule has 3 aliphatic rings. The largest absolute Gasteiger partial charge is 0.378 e. The third-order valence-electron chi connectivity index (χ3n) is 8.52. The van der Waals surface area contributed by atoms with Crippen molar-refractivity contribution in [2.75, 3.05) is 32.1 Å². The second-order valence-electron chi connectivity index (χ2n) is 12.3. The highest BCUT2D eigenvalue weighted by Gasteiger charge is 2.54. The Hall–Kier alpha value is -2.90. The minimum Gasteiger partial charge on any atom is -0.378 e. The number of nitrogens with one attached hydrogen (secondary N) is 1. The highest BCUT2D eigenvalue weighted by molar-refractivity contribution is 6.02. The molecule has 8 nitrogen and oxygen atoms in total. The van der Waals surface area contributed by atoms with Crippen molar-refractivity contribution in [3.63, 3.8) is 0 Å². The summed E-state index contributed by atoms with van der Waals surface area (Å²) in [5.74, 6) is -0.0363. The molecule has 1 aliphatic carbocycles. The number of amides is 3. The Morgan fingerprint density at radius 2 is 1.68 bits per heavy atom. The van der Waals surface area contributed by atoms with E-state index in [0.29, 0.717) is 37.3 Å². The lowest BCUT2D eigenvalue weighted by molar-refractivity contribution is -0.142. The number of fused-ring (bicyclic) bond motifs is 1. The molecule has 2 heterocycles. The summed E-state index contributed by atoms with van der Waals surface area (Å²) in [4.78, 5) is 59.0. The predicted molar refractivity (Wildman–Crippen MR) is 148 cm³/mol. The molecule has 1 aromatic rings. The second-order valence-corrected chi connectivity index (χ2v) is 12.3. The molecule has 208 valence electrons. The van der Waals surface area contributed by atoms with Gasteiger partial charge in [0, 0.05) is 38.3 Å². The van der Waals surface area contributed by atoms with Crippen LogP contribution in [0.25, 0.3) is 0 Å². The number of benzene rings is 1. The number of likely N-dealkylation sites (tertiary alicyclic amines) is 2. The van der Waals surface area contributed by atoms with Gasteiger partial charge in [-0.2, -0.15) is 0 Å².